The smallest absolute Gasteiger partial charge is 0.246 e. The Morgan fingerprint density at radius 1 is 1.33 bits per heavy atom. The quantitative estimate of drug-likeness (QED) is 0.840. The molecule has 1 aromatic carbocycles. The molecule has 2 rings (SSSR count). The number of nitrogens with two attached hydrogens (primary N) is 1. The van der Waals surface area contributed by atoms with Crippen LogP contribution in [0.25, 0.3) is 0 Å². The van der Waals surface area contributed by atoms with Crippen molar-refractivity contribution in [3.63, 3.8) is 0 Å². The van der Waals surface area contributed by atoms with Crippen molar-refractivity contribution in [2.24, 2.45) is 0 Å². The van der Waals surface area contributed by atoms with Gasteiger partial charge in [-0.2, -0.15) is 4.31 Å². The van der Waals surface area contributed by atoms with Gasteiger partial charge in [-0.05, 0) is 38.6 Å². The van der Waals surface area contributed by atoms with Crippen LogP contribution < -0.4 is 10.5 Å². The van der Waals surface area contributed by atoms with Crippen molar-refractivity contribution in [3.05, 3.63) is 17.7 Å². The SMILES string of the molecule is COc1cc(C)c(N)cc1S(=O)(=O)N1CCN(C)C(C)C1. The van der Waals surface area contributed by atoms with Gasteiger partial charge in [-0.25, -0.2) is 8.42 Å². The molecule has 21 heavy (non-hydrogen) atoms. The summed E-state index contributed by atoms with van der Waals surface area (Å²) in [6.07, 6.45) is 0. The number of benzene rings is 1. The lowest BCUT2D eigenvalue weighted by atomic mass is 10.2. The molecule has 1 heterocycles. The molecule has 1 fully saturated rings. The van der Waals surface area contributed by atoms with Crippen LogP contribution in [0.5, 0.6) is 5.75 Å². The van der Waals surface area contributed by atoms with Crippen LogP contribution in [0.4, 0.5) is 5.69 Å². The molecule has 1 saturated heterocycles. The molecule has 1 aliphatic rings. The second-order valence-corrected chi connectivity index (χ2v) is 7.46. The van der Waals surface area contributed by atoms with Crippen molar-refractivity contribution in [2.75, 3.05) is 39.5 Å². The molecule has 1 unspecified atom stereocenters. The van der Waals surface area contributed by atoms with Crippen molar-refractivity contribution in [1.29, 1.82) is 0 Å². The van der Waals surface area contributed by atoms with E-state index in [4.69, 9.17) is 10.5 Å². The Balaban J connectivity index is 2.42. The Morgan fingerprint density at radius 2 is 2.00 bits per heavy atom. The predicted molar refractivity (Wildman–Crippen MR) is 83.0 cm³/mol. The van der Waals surface area contributed by atoms with Gasteiger partial charge in [-0.3, -0.25) is 0 Å². The minimum atomic E-state index is -3.60. The molecule has 2 N–H and O–H groups in total. The monoisotopic (exact) mass is 313 g/mol. The Labute approximate surface area is 126 Å². The molecule has 0 bridgehead atoms. The summed E-state index contributed by atoms with van der Waals surface area (Å²) in [5.41, 5.74) is 7.13. The van der Waals surface area contributed by atoms with E-state index in [2.05, 4.69) is 4.90 Å². The van der Waals surface area contributed by atoms with Gasteiger partial charge in [0.25, 0.3) is 0 Å². The number of sulfonamides is 1. The molecule has 0 radical (unpaired) electrons. The van der Waals surface area contributed by atoms with Crippen molar-refractivity contribution < 1.29 is 13.2 Å². The van der Waals surface area contributed by atoms with Crippen LogP contribution in [0, 0.1) is 6.92 Å². The molecular weight excluding hydrogens is 290 g/mol. The first-order valence-electron chi connectivity index (χ1n) is 6.92. The topological polar surface area (TPSA) is 75.9 Å². The normalized spacial score (nSPS) is 21.4. The summed E-state index contributed by atoms with van der Waals surface area (Å²) in [5.74, 6) is 0.341. The number of methoxy groups -OCH3 is 1. The highest BCUT2D eigenvalue weighted by atomic mass is 32.2. The highest BCUT2D eigenvalue weighted by Gasteiger charge is 2.33. The maximum atomic E-state index is 12.9. The molecule has 7 heteroatoms. The van der Waals surface area contributed by atoms with E-state index in [-0.39, 0.29) is 10.9 Å². The van der Waals surface area contributed by atoms with Gasteiger partial charge >= 0.3 is 0 Å². The van der Waals surface area contributed by atoms with E-state index in [9.17, 15) is 8.42 Å². The molecule has 0 aromatic heterocycles. The Morgan fingerprint density at radius 3 is 2.57 bits per heavy atom. The minimum Gasteiger partial charge on any atom is -0.495 e. The zero-order valence-corrected chi connectivity index (χ0v) is 13.8. The first kappa shape index (κ1) is 16.1. The molecule has 118 valence electrons. The van der Waals surface area contributed by atoms with Crippen LogP contribution >= 0.6 is 0 Å². The Hall–Kier alpha value is -1.31. The first-order chi connectivity index (χ1) is 9.77. The summed E-state index contributed by atoms with van der Waals surface area (Å²) < 4.78 is 32.4. The summed E-state index contributed by atoms with van der Waals surface area (Å²) in [5, 5.41) is 0. The molecule has 0 aliphatic carbocycles. The van der Waals surface area contributed by atoms with Gasteiger partial charge in [0, 0.05) is 31.4 Å². The van der Waals surface area contributed by atoms with Crippen molar-refractivity contribution in [3.8, 4) is 5.75 Å². The zero-order chi connectivity index (χ0) is 15.8. The van der Waals surface area contributed by atoms with Crippen LogP contribution in [0.3, 0.4) is 0 Å². The van der Waals surface area contributed by atoms with E-state index in [1.165, 1.54) is 17.5 Å². The third kappa shape index (κ3) is 3.00. The average molecular weight is 313 g/mol. The molecule has 1 aromatic rings. The van der Waals surface area contributed by atoms with Crippen LogP contribution in [0.15, 0.2) is 17.0 Å². The third-order valence-electron chi connectivity index (χ3n) is 4.09. The second kappa shape index (κ2) is 5.82. The zero-order valence-electron chi connectivity index (χ0n) is 13.0. The standard InChI is InChI=1S/C14H23N3O3S/c1-10-7-13(20-4)14(8-12(10)15)21(18,19)17-6-5-16(3)11(2)9-17/h7-8,11H,5-6,9,15H2,1-4H3. The molecule has 1 atom stereocenters. The number of ether oxygens (including phenoxy) is 1. The Kier molecular flexibility index (Phi) is 4.46. The summed E-state index contributed by atoms with van der Waals surface area (Å²) >= 11 is 0. The number of rotatable bonds is 3. The lowest BCUT2D eigenvalue weighted by molar-refractivity contribution is 0.159. The van der Waals surface area contributed by atoms with Gasteiger partial charge in [0.1, 0.15) is 10.6 Å². The van der Waals surface area contributed by atoms with Gasteiger partial charge < -0.3 is 15.4 Å². The van der Waals surface area contributed by atoms with E-state index in [0.717, 1.165) is 5.56 Å². The lowest BCUT2D eigenvalue weighted by Gasteiger charge is -2.37. The molecule has 6 nitrogen and oxygen atoms in total. The maximum Gasteiger partial charge on any atom is 0.246 e. The number of anilines is 1. The largest absolute Gasteiger partial charge is 0.495 e. The van der Waals surface area contributed by atoms with Crippen molar-refractivity contribution >= 4 is 15.7 Å². The molecule has 0 spiro atoms. The van der Waals surface area contributed by atoms with E-state index in [0.29, 0.717) is 31.1 Å². The molecule has 0 amide bonds. The molecule has 1 aliphatic heterocycles. The summed E-state index contributed by atoms with van der Waals surface area (Å²) in [6, 6.07) is 3.34. The second-order valence-electron chi connectivity index (χ2n) is 5.55. The van der Waals surface area contributed by atoms with E-state index < -0.39 is 10.0 Å². The third-order valence-corrected chi connectivity index (χ3v) is 5.98. The van der Waals surface area contributed by atoms with Crippen LogP contribution in [-0.4, -0.2) is 57.5 Å². The molecular formula is C14H23N3O3S. The highest BCUT2D eigenvalue weighted by molar-refractivity contribution is 7.89. The average Bonchev–Trinajstić information content (AvgIpc) is 2.44. The van der Waals surface area contributed by atoms with Crippen molar-refractivity contribution in [2.45, 2.75) is 24.8 Å². The summed E-state index contributed by atoms with van der Waals surface area (Å²) in [7, 11) is -0.131. The number of likely N-dealkylation sites (N-methyl/N-ethyl adjacent to an activating group) is 1. The number of piperazine rings is 1. The van der Waals surface area contributed by atoms with Crippen LogP contribution in [-0.2, 0) is 10.0 Å². The number of hydrogen-bond donors (Lipinski definition) is 1. The number of aryl methyl sites for hydroxylation is 1. The van der Waals surface area contributed by atoms with Crippen LogP contribution in [0.2, 0.25) is 0 Å². The van der Waals surface area contributed by atoms with Gasteiger partial charge in [0.15, 0.2) is 0 Å². The number of nitrogens with zero attached hydrogens (tertiary/aromatic N) is 2. The summed E-state index contributed by atoms with van der Waals surface area (Å²) in [4.78, 5) is 2.29. The fourth-order valence-corrected chi connectivity index (χ4v) is 4.10. The molecule has 0 saturated carbocycles. The number of nitrogen functional groups attached to an aromatic ring is 1. The lowest BCUT2D eigenvalue weighted by Crippen LogP contribution is -2.51. The predicted octanol–water partition coefficient (Wildman–Crippen LogP) is 0.910. The fourth-order valence-electron chi connectivity index (χ4n) is 2.41. The van der Waals surface area contributed by atoms with E-state index in [1.807, 2.05) is 20.9 Å². The number of hydrogen-bond acceptors (Lipinski definition) is 5. The van der Waals surface area contributed by atoms with Gasteiger partial charge in [-0.15, -0.1) is 0 Å². The first-order valence-corrected chi connectivity index (χ1v) is 8.36. The van der Waals surface area contributed by atoms with Crippen LogP contribution in [0.1, 0.15) is 12.5 Å². The van der Waals surface area contributed by atoms with E-state index in [1.54, 1.807) is 6.07 Å². The highest BCUT2D eigenvalue weighted by Crippen LogP contribution is 2.31. The van der Waals surface area contributed by atoms with Gasteiger partial charge in [-0.1, -0.05) is 0 Å². The fraction of sp³-hybridized carbons (Fsp3) is 0.571. The van der Waals surface area contributed by atoms with Crippen molar-refractivity contribution in [1.82, 2.24) is 9.21 Å². The van der Waals surface area contributed by atoms with E-state index >= 15 is 0 Å². The van der Waals surface area contributed by atoms with Gasteiger partial charge in [0.2, 0.25) is 10.0 Å². The maximum absolute atomic E-state index is 12.9. The van der Waals surface area contributed by atoms with Gasteiger partial charge in [0.05, 0.1) is 7.11 Å². The summed E-state index contributed by atoms with van der Waals surface area (Å²) in [6.45, 7) is 5.49. The minimum absolute atomic E-state index is 0.143. The Bertz CT molecular complexity index is 631.